The molecule has 0 aliphatic carbocycles. The summed E-state index contributed by atoms with van der Waals surface area (Å²) in [5.74, 6) is 0.989. The van der Waals surface area contributed by atoms with Gasteiger partial charge in [-0.1, -0.05) is 18.0 Å². The maximum atomic E-state index is 3.66. The summed E-state index contributed by atoms with van der Waals surface area (Å²) in [6, 6.07) is 0. The third kappa shape index (κ3) is 2.70. The summed E-state index contributed by atoms with van der Waals surface area (Å²) >= 11 is 1.79. The van der Waals surface area contributed by atoms with Crippen LogP contribution in [-0.2, 0) is 0 Å². The maximum Gasteiger partial charge on any atom is 0.0605 e. The molecule has 1 fully saturated rings. The Bertz CT molecular complexity index is 101. The maximum absolute atomic E-state index is 3.66. The van der Waals surface area contributed by atoms with Crippen molar-refractivity contribution in [1.29, 1.82) is 0 Å². The van der Waals surface area contributed by atoms with Crippen LogP contribution >= 0.6 is 11.9 Å². The zero-order valence-corrected chi connectivity index (χ0v) is 6.78. The molecule has 0 aromatic heterocycles. The first-order valence-electron chi connectivity index (χ1n) is 3.33. The first-order chi connectivity index (χ1) is 4.93. The van der Waals surface area contributed by atoms with Crippen LogP contribution in [0.15, 0.2) is 12.7 Å². The quantitative estimate of drug-likeness (QED) is 0.454. The first kappa shape index (κ1) is 8.07. The summed E-state index contributed by atoms with van der Waals surface area (Å²) in [5.41, 5.74) is 0. The van der Waals surface area contributed by atoms with Crippen LogP contribution in [0.5, 0.6) is 0 Å². The lowest BCUT2D eigenvalue weighted by molar-refractivity contribution is 0.323. The second-order valence-electron chi connectivity index (χ2n) is 2.06. The lowest BCUT2D eigenvalue weighted by atomic mass is 10.8. The second-order valence-corrected chi connectivity index (χ2v) is 3.17. The molecule has 0 spiro atoms. The van der Waals surface area contributed by atoms with Crippen molar-refractivity contribution in [1.82, 2.24) is 14.9 Å². The highest BCUT2D eigenvalue weighted by atomic mass is 32.2. The van der Waals surface area contributed by atoms with Gasteiger partial charge in [-0.2, -0.15) is 0 Å². The molecule has 1 rings (SSSR count). The standard InChI is InChI=1S/C6H13N3S/c1-2-3-10-9-5-7-4-8-6-9/h2,7-8H,1,3-6H2. The van der Waals surface area contributed by atoms with Gasteiger partial charge >= 0.3 is 0 Å². The Balaban J connectivity index is 2.07. The first-order valence-corrected chi connectivity index (χ1v) is 4.28. The van der Waals surface area contributed by atoms with Crippen molar-refractivity contribution in [3.05, 3.63) is 12.7 Å². The van der Waals surface area contributed by atoms with Crippen molar-refractivity contribution in [3.63, 3.8) is 0 Å². The van der Waals surface area contributed by atoms with E-state index in [0.717, 1.165) is 25.8 Å². The largest absolute Gasteiger partial charge is 0.291 e. The van der Waals surface area contributed by atoms with Crippen molar-refractivity contribution < 1.29 is 0 Å². The van der Waals surface area contributed by atoms with Crippen LogP contribution in [0.1, 0.15) is 0 Å². The third-order valence-electron chi connectivity index (χ3n) is 1.20. The molecule has 10 heavy (non-hydrogen) atoms. The molecule has 0 radical (unpaired) electrons. The average Bonchev–Trinajstić information content (AvgIpc) is 2.03. The van der Waals surface area contributed by atoms with Gasteiger partial charge in [0.1, 0.15) is 0 Å². The average molecular weight is 159 g/mol. The van der Waals surface area contributed by atoms with Crippen molar-refractivity contribution in [2.24, 2.45) is 0 Å². The van der Waals surface area contributed by atoms with E-state index in [2.05, 4.69) is 21.5 Å². The molecule has 1 aliphatic heterocycles. The number of hydrogen-bond acceptors (Lipinski definition) is 4. The third-order valence-corrected chi connectivity index (χ3v) is 2.21. The molecule has 0 aromatic carbocycles. The van der Waals surface area contributed by atoms with Gasteiger partial charge in [0.05, 0.1) is 13.3 Å². The summed E-state index contributed by atoms with van der Waals surface area (Å²) in [6.45, 7) is 6.51. The molecule has 0 atom stereocenters. The van der Waals surface area contributed by atoms with E-state index in [4.69, 9.17) is 0 Å². The molecule has 0 amide bonds. The van der Waals surface area contributed by atoms with E-state index < -0.39 is 0 Å². The normalized spacial score (nSPS) is 20.8. The molecular weight excluding hydrogens is 146 g/mol. The van der Waals surface area contributed by atoms with Crippen molar-refractivity contribution in [2.45, 2.75) is 0 Å². The van der Waals surface area contributed by atoms with Crippen molar-refractivity contribution in [2.75, 3.05) is 25.8 Å². The highest BCUT2D eigenvalue weighted by molar-refractivity contribution is 7.97. The molecule has 3 nitrogen and oxygen atoms in total. The fourth-order valence-electron chi connectivity index (χ4n) is 0.755. The van der Waals surface area contributed by atoms with Gasteiger partial charge in [0.15, 0.2) is 0 Å². The molecular formula is C6H13N3S. The fraction of sp³-hybridized carbons (Fsp3) is 0.667. The predicted molar refractivity (Wildman–Crippen MR) is 45.4 cm³/mol. The summed E-state index contributed by atoms with van der Waals surface area (Å²) in [6.07, 6.45) is 1.92. The van der Waals surface area contributed by atoms with Gasteiger partial charge in [-0.05, 0) is 0 Å². The van der Waals surface area contributed by atoms with Crippen LogP contribution in [0.4, 0.5) is 0 Å². The van der Waals surface area contributed by atoms with Gasteiger partial charge in [0.2, 0.25) is 0 Å². The second kappa shape index (κ2) is 4.73. The monoisotopic (exact) mass is 159 g/mol. The lowest BCUT2D eigenvalue weighted by Gasteiger charge is -2.26. The molecule has 4 heteroatoms. The molecule has 1 saturated heterocycles. The Kier molecular flexibility index (Phi) is 3.82. The SMILES string of the molecule is C=CCSN1CNCNC1. The Hall–Kier alpha value is -0.0300. The lowest BCUT2D eigenvalue weighted by Crippen LogP contribution is -2.47. The number of rotatable bonds is 3. The van der Waals surface area contributed by atoms with E-state index in [1.54, 1.807) is 11.9 Å². The predicted octanol–water partition coefficient (Wildman–Crippen LogP) is 0.188. The van der Waals surface area contributed by atoms with Gasteiger partial charge < -0.3 is 0 Å². The van der Waals surface area contributed by atoms with E-state index in [9.17, 15) is 0 Å². The number of nitrogens with one attached hydrogen (secondary N) is 2. The van der Waals surface area contributed by atoms with Gasteiger partial charge in [-0.3, -0.25) is 10.6 Å². The number of hydrogen-bond donors (Lipinski definition) is 2. The zero-order chi connectivity index (χ0) is 7.23. The minimum absolute atomic E-state index is 0.922. The summed E-state index contributed by atoms with van der Waals surface area (Å²) in [4.78, 5) is 0. The molecule has 2 N–H and O–H groups in total. The fourth-order valence-corrected chi connectivity index (χ4v) is 1.44. The molecule has 58 valence electrons. The molecule has 1 heterocycles. The Morgan fingerprint density at radius 3 is 2.80 bits per heavy atom. The summed E-state index contributed by atoms with van der Waals surface area (Å²) in [7, 11) is 0. The van der Waals surface area contributed by atoms with Crippen LogP contribution in [0.2, 0.25) is 0 Å². The van der Waals surface area contributed by atoms with Gasteiger partial charge in [-0.15, -0.1) is 6.58 Å². The van der Waals surface area contributed by atoms with Crippen molar-refractivity contribution in [3.8, 4) is 0 Å². The van der Waals surface area contributed by atoms with Gasteiger partial charge in [0, 0.05) is 12.4 Å². The Labute approximate surface area is 66.0 Å². The topological polar surface area (TPSA) is 27.3 Å². The Morgan fingerprint density at radius 2 is 2.20 bits per heavy atom. The molecule has 1 aliphatic rings. The highest BCUT2D eigenvalue weighted by Gasteiger charge is 2.06. The van der Waals surface area contributed by atoms with E-state index in [1.165, 1.54) is 0 Å². The number of nitrogens with zero attached hydrogens (tertiary/aromatic N) is 1. The van der Waals surface area contributed by atoms with Crippen LogP contribution < -0.4 is 10.6 Å². The summed E-state index contributed by atoms with van der Waals surface area (Å²) < 4.78 is 2.23. The minimum Gasteiger partial charge on any atom is -0.291 e. The van der Waals surface area contributed by atoms with Crippen molar-refractivity contribution >= 4 is 11.9 Å². The van der Waals surface area contributed by atoms with E-state index in [-0.39, 0.29) is 0 Å². The molecule has 0 unspecified atom stereocenters. The van der Waals surface area contributed by atoms with Crippen LogP contribution in [-0.4, -0.2) is 30.1 Å². The molecule has 0 saturated carbocycles. The summed E-state index contributed by atoms with van der Waals surface area (Å²) in [5, 5.41) is 6.41. The highest BCUT2D eigenvalue weighted by Crippen LogP contribution is 2.07. The van der Waals surface area contributed by atoms with Gasteiger partial charge in [0.25, 0.3) is 0 Å². The zero-order valence-electron chi connectivity index (χ0n) is 5.97. The van der Waals surface area contributed by atoms with E-state index >= 15 is 0 Å². The van der Waals surface area contributed by atoms with E-state index in [0.29, 0.717) is 0 Å². The van der Waals surface area contributed by atoms with Crippen LogP contribution in [0.25, 0.3) is 0 Å². The van der Waals surface area contributed by atoms with Crippen LogP contribution in [0.3, 0.4) is 0 Å². The smallest absolute Gasteiger partial charge is 0.0605 e. The van der Waals surface area contributed by atoms with E-state index in [1.807, 2.05) is 6.08 Å². The van der Waals surface area contributed by atoms with Gasteiger partial charge in [-0.25, -0.2) is 4.31 Å². The van der Waals surface area contributed by atoms with Crippen LogP contribution in [0, 0.1) is 0 Å². The Morgan fingerprint density at radius 1 is 1.50 bits per heavy atom. The minimum atomic E-state index is 0.922. The molecule has 0 bridgehead atoms. The molecule has 0 aromatic rings.